The Bertz CT molecular complexity index is 1870. The fourth-order valence-electron chi connectivity index (χ4n) is 9.88. The fraction of sp³-hybridized carbons (Fsp3) is 0.720. The number of benzene rings is 1. The molecule has 2 fully saturated rings. The lowest BCUT2D eigenvalue weighted by molar-refractivity contribution is -0.149. The summed E-state index contributed by atoms with van der Waals surface area (Å²) in [4.78, 5) is 112. The summed E-state index contributed by atoms with van der Waals surface area (Å²) < 4.78 is 11.9. The van der Waals surface area contributed by atoms with Gasteiger partial charge in [0.15, 0.2) is 5.78 Å². The minimum absolute atomic E-state index is 0.00137. The summed E-state index contributed by atoms with van der Waals surface area (Å²) >= 11 is 2.06. The molecule has 1 heterocycles. The number of Topliss-reactive ketones (excluding diaryl/α,β-unsaturated/α-hetero) is 2. The lowest BCUT2D eigenvalue weighted by Crippen LogP contribution is -2.60. The molecule has 68 heavy (non-hydrogen) atoms. The normalized spacial score (nSPS) is 20.9. The van der Waals surface area contributed by atoms with Crippen molar-refractivity contribution in [3.8, 4) is 0 Å². The molecule has 382 valence electrons. The van der Waals surface area contributed by atoms with Crippen molar-refractivity contribution in [1.82, 2.24) is 25.3 Å². The zero-order chi connectivity index (χ0) is 51.0. The van der Waals surface area contributed by atoms with E-state index in [-0.39, 0.29) is 78.0 Å². The highest BCUT2D eigenvalue weighted by atomic mass is 127. The molecule has 3 rings (SSSR count). The second-order valence-corrected chi connectivity index (χ2v) is 21.7. The average Bonchev–Trinajstić information content (AvgIpc) is 3.90. The third-order valence-corrected chi connectivity index (χ3v) is 16.5. The summed E-state index contributed by atoms with van der Waals surface area (Å²) in [5.41, 5.74) is 0.764. The van der Waals surface area contributed by atoms with Gasteiger partial charge in [0.1, 0.15) is 23.9 Å². The Hall–Kier alpha value is -3.62. The molecule has 1 saturated heterocycles. The van der Waals surface area contributed by atoms with Gasteiger partial charge >= 0.3 is 5.97 Å². The first-order valence-electron chi connectivity index (χ1n) is 24.2. The molecule has 1 saturated carbocycles. The van der Waals surface area contributed by atoms with Gasteiger partial charge < -0.3 is 39.9 Å². The van der Waals surface area contributed by atoms with Gasteiger partial charge in [0.2, 0.25) is 29.5 Å². The number of likely N-dealkylation sites (N-methyl/N-ethyl adjacent to an activating group) is 2. The van der Waals surface area contributed by atoms with Gasteiger partial charge in [-0.05, 0) is 70.2 Å². The van der Waals surface area contributed by atoms with Crippen molar-refractivity contribution in [2.45, 2.75) is 167 Å². The Kier molecular flexibility index (Phi) is 24.4. The van der Waals surface area contributed by atoms with Gasteiger partial charge in [-0.2, -0.15) is 0 Å². The van der Waals surface area contributed by atoms with Crippen LogP contribution in [0.5, 0.6) is 0 Å². The Labute approximate surface area is 420 Å². The van der Waals surface area contributed by atoms with E-state index < -0.39 is 72.0 Å². The summed E-state index contributed by atoms with van der Waals surface area (Å²) in [5.74, 6) is -5.05. The molecule has 0 bridgehead atoms. The zero-order valence-corrected chi connectivity index (χ0v) is 45.0. The van der Waals surface area contributed by atoms with Crippen LogP contribution in [0.3, 0.4) is 0 Å². The number of carbonyl (C=O) groups is 8. The lowest BCUT2D eigenvalue weighted by atomic mass is 9.89. The smallest absolute Gasteiger partial charge is 0.326 e. The number of ether oxygens (including phenoxy) is 2. The standard InChI is InChI=1S/C50H78IN5O11S/c1-12-31(6)44(38(66-10)28-41(59)56-25-19-23-36(56)46(67-11)32(7)47(61)52-35(50(64)65)26-33-20-15-13-16-21-33)55(9)49(63)42(29(2)3)53-48(62)43(30(4)5)54(8)40(58)24-18-14-17-22-34-37(57)27-39(68-51)45(34)60/h13,15-16,20-21,29-32,34-36,38-39,42-44,46H,12,14,17-19,22-28H2,1-11H3,(H,52,61)(H,53,62)(H,64,65)/t31-,32+,34?,35-,36-,38+,39?,42-,43-,44-,46+/m0/s1. The number of hydrogen-bond acceptors (Lipinski definition) is 11. The van der Waals surface area contributed by atoms with Gasteiger partial charge in [-0.1, -0.05) is 107 Å². The number of halogens is 1. The summed E-state index contributed by atoms with van der Waals surface area (Å²) in [6.07, 6.45) is 3.24. The van der Waals surface area contributed by atoms with Gasteiger partial charge in [0, 0.05) is 54.1 Å². The van der Waals surface area contributed by atoms with Gasteiger partial charge in [-0.25, -0.2) is 4.79 Å². The monoisotopic (exact) mass is 1080 g/mol. The molecule has 11 atom stereocenters. The van der Waals surface area contributed by atoms with E-state index in [4.69, 9.17) is 9.47 Å². The summed E-state index contributed by atoms with van der Waals surface area (Å²) in [7, 11) is 7.62. The minimum atomic E-state index is -1.16. The molecule has 3 N–H and O–H groups in total. The van der Waals surface area contributed by atoms with E-state index in [1.807, 2.05) is 47.6 Å². The predicted molar refractivity (Wildman–Crippen MR) is 271 cm³/mol. The van der Waals surface area contributed by atoms with Gasteiger partial charge in [0.05, 0.1) is 47.8 Å². The number of carboxylic acids is 1. The number of aliphatic carboxylic acids is 1. The lowest BCUT2D eigenvalue weighted by Gasteiger charge is -2.41. The number of ketones is 2. The number of nitrogens with zero attached hydrogens (tertiary/aromatic N) is 3. The first-order chi connectivity index (χ1) is 32.1. The number of carboxylic acid groups (broad SMARTS) is 1. The van der Waals surface area contributed by atoms with Crippen LogP contribution in [0.25, 0.3) is 0 Å². The van der Waals surface area contributed by atoms with Crippen molar-refractivity contribution in [3.63, 3.8) is 0 Å². The van der Waals surface area contributed by atoms with E-state index >= 15 is 0 Å². The third kappa shape index (κ3) is 15.7. The van der Waals surface area contributed by atoms with Crippen LogP contribution in [-0.2, 0) is 54.3 Å². The minimum Gasteiger partial charge on any atom is -0.480 e. The van der Waals surface area contributed by atoms with Crippen molar-refractivity contribution < 1.29 is 52.9 Å². The largest absolute Gasteiger partial charge is 0.480 e. The third-order valence-electron chi connectivity index (χ3n) is 14.0. The highest BCUT2D eigenvalue weighted by Gasteiger charge is 2.44. The van der Waals surface area contributed by atoms with Crippen molar-refractivity contribution in [1.29, 1.82) is 0 Å². The maximum absolute atomic E-state index is 14.6. The van der Waals surface area contributed by atoms with Crippen molar-refractivity contribution in [3.05, 3.63) is 35.9 Å². The van der Waals surface area contributed by atoms with Crippen molar-refractivity contribution in [2.24, 2.45) is 29.6 Å². The number of rotatable bonds is 28. The van der Waals surface area contributed by atoms with Crippen LogP contribution < -0.4 is 10.6 Å². The number of unbranched alkanes of at least 4 members (excludes halogenated alkanes) is 2. The molecule has 0 radical (unpaired) electrons. The van der Waals surface area contributed by atoms with Crippen molar-refractivity contribution >= 4 is 77.2 Å². The van der Waals surface area contributed by atoms with E-state index in [1.54, 1.807) is 55.1 Å². The molecule has 1 aliphatic carbocycles. The van der Waals surface area contributed by atoms with Crippen LogP contribution in [0.1, 0.15) is 118 Å². The summed E-state index contributed by atoms with van der Waals surface area (Å²) in [6.45, 7) is 13.4. The second-order valence-electron chi connectivity index (χ2n) is 19.4. The van der Waals surface area contributed by atoms with Crippen LogP contribution in [0.15, 0.2) is 30.3 Å². The van der Waals surface area contributed by atoms with Gasteiger partial charge in [0.25, 0.3) is 0 Å². The van der Waals surface area contributed by atoms with Crippen LogP contribution in [0, 0.1) is 29.6 Å². The number of likely N-dealkylation sites (tertiary alicyclic amines) is 1. The molecule has 1 aromatic carbocycles. The first-order valence-corrected chi connectivity index (χ1v) is 27.7. The number of hydrogen-bond donors (Lipinski definition) is 3. The Morgan fingerprint density at radius 1 is 0.897 bits per heavy atom. The summed E-state index contributed by atoms with van der Waals surface area (Å²) in [6, 6.07) is 5.00. The van der Waals surface area contributed by atoms with E-state index in [0.29, 0.717) is 51.5 Å². The number of methoxy groups -OCH3 is 2. The summed E-state index contributed by atoms with van der Waals surface area (Å²) in [5, 5.41) is 15.3. The second kappa shape index (κ2) is 28.3. The van der Waals surface area contributed by atoms with E-state index in [1.165, 1.54) is 28.1 Å². The maximum atomic E-state index is 14.6. The highest BCUT2D eigenvalue weighted by Crippen LogP contribution is 2.35. The van der Waals surface area contributed by atoms with Gasteiger partial charge in [-0.15, -0.1) is 0 Å². The van der Waals surface area contributed by atoms with E-state index in [9.17, 15) is 43.5 Å². The van der Waals surface area contributed by atoms with Crippen LogP contribution >= 0.6 is 30.1 Å². The zero-order valence-electron chi connectivity index (χ0n) is 42.0. The van der Waals surface area contributed by atoms with Crippen LogP contribution in [0.4, 0.5) is 0 Å². The van der Waals surface area contributed by atoms with E-state index in [0.717, 1.165) is 5.56 Å². The van der Waals surface area contributed by atoms with Crippen LogP contribution in [0.2, 0.25) is 0 Å². The highest BCUT2D eigenvalue weighted by molar-refractivity contribution is 14.2. The molecule has 0 aromatic heterocycles. The quantitative estimate of drug-likeness (QED) is 0.0509. The fourth-order valence-corrected chi connectivity index (χ4v) is 11.6. The van der Waals surface area contributed by atoms with E-state index in [2.05, 4.69) is 31.8 Å². The molecule has 18 heteroatoms. The molecule has 16 nitrogen and oxygen atoms in total. The first kappa shape index (κ1) is 58.7. The molecule has 1 aliphatic heterocycles. The average molecular weight is 1080 g/mol. The van der Waals surface area contributed by atoms with Crippen molar-refractivity contribution in [2.75, 3.05) is 34.9 Å². The molecular weight excluding hydrogens is 1010 g/mol. The topological polar surface area (TPSA) is 209 Å². The molecule has 0 spiro atoms. The predicted octanol–water partition coefficient (Wildman–Crippen LogP) is 5.90. The SMILES string of the molecule is CC[C@H](C)[C@@H]([C@@H](CC(=O)N1CCC[C@H]1[C@H](OC)[C@@H](C)C(=O)N[C@@H](Cc1ccccc1)C(=O)O)OC)N(C)C(=O)[C@@H](NC(=O)[C@H](C(C)C)N(C)C(=O)CCCCCC1C(=O)CC(SI)C1=O)C(C)C. The Balaban J connectivity index is 1.70. The molecule has 2 aliphatic rings. The number of carbonyl (C=O) groups excluding carboxylic acids is 7. The molecular formula is C50H78IN5O11S. The molecule has 5 amide bonds. The van der Waals surface area contributed by atoms with Crippen LogP contribution in [-0.4, -0.2) is 149 Å². The maximum Gasteiger partial charge on any atom is 0.326 e. The van der Waals surface area contributed by atoms with Gasteiger partial charge in [-0.3, -0.25) is 33.6 Å². The molecule has 1 aromatic rings. The molecule has 2 unspecified atom stereocenters. The Morgan fingerprint density at radius 2 is 1.56 bits per heavy atom. The number of nitrogens with one attached hydrogen (secondary N) is 2. The Morgan fingerprint density at radius 3 is 2.10 bits per heavy atom. The number of amides is 5.